The van der Waals surface area contributed by atoms with Crippen molar-refractivity contribution in [3.05, 3.63) is 41.5 Å². The van der Waals surface area contributed by atoms with Crippen LogP contribution < -0.4 is 0 Å². The smallest absolute Gasteiger partial charge is 0.282 e. The molecule has 2 rings (SSSR count). The predicted octanol–water partition coefficient (Wildman–Crippen LogP) is 6.33. The molecule has 0 heterocycles. The number of benzene rings is 2. The molecule has 0 bridgehead atoms. The molecule has 1 N–H and O–H groups in total. The first kappa shape index (κ1) is 20.9. The second kappa shape index (κ2) is 10.1. The normalized spacial score (nSPS) is 12.0. The average molecular weight is 377 g/mol. The van der Waals surface area contributed by atoms with E-state index in [1.54, 1.807) is 6.07 Å². The van der Waals surface area contributed by atoms with Crippen LogP contribution in [0.4, 0.5) is 0 Å². The Labute approximate surface area is 158 Å². The Balaban J connectivity index is 2.29. The third-order valence-corrected chi connectivity index (χ3v) is 5.85. The Morgan fingerprint density at radius 1 is 0.769 bits per heavy atom. The first-order valence-electron chi connectivity index (χ1n) is 9.98. The maximum atomic E-state index is 11.9. The number of fused-ring (bicyclic) bond motifs is 1. The molecule has 2 aromatic rings. The molecule has 0 saturated heterocycles. The van der Waals surface area contributed by atoms with Crippen LogP contribution in [-0.4, -0.2) is 13.0 Å². The highest BCUT2D eigenvalue weighted by Crippen LogP contribution is 2.27. The molecule has 0 radical (unpaired) electrons. The molecule has 0 unspecified atom stereocenters. The molecular weight excluding hydrogens is 344 g/mol. The highest BCUT2D eigenvalue weighted by Gasteiger charge is 2.16. The maximum Gasteiger partial charge on any atom is 0.295 e. The van der Waals surface area contributed by atoms with Crippen LogP contribution in [0.2, 0.25) is 0 Å². The van der Waals surface area contributed by atoms with Gasteiger partial charge in [0.05, 0.1) is 0 Å². The lowest BCUT2D eigenvalue weighted by Crippen LogP contribution is -2.01. The summed E-state index contributed by atoms with van der Waals surface area (Å²) < 4.78 is 33.4. The van der Waals surface area contributed by atoms with E-state index >= 15 is 0 Å². The Morgan fingerprint density at radius 2 is 1.35 bits per heavy atom. The van der Waals surface area contributed by atoms with Crippen molar-refractivity contribution in [2.24, 2.45) is 0 Å². The molecule has 3 nitrogen and oxygen atoms in total. The van der Waals surface area contributed by atoms with Gasteiger partial charge in [-0.05, 0) is 48.3 Å². The van der Waals surface area contributed by atoms with Gasteiger partial charge in [-0.3, -0.25) is 4.55 Å². The van der Waals surface area contributed by atoms with Gasteiger partial charge in [-0.25, -0.2) is 0 Å². The molecule has 26 heavy (non-hydrogen) atoms. The number of aryl methyl sites for hydroxylation is 2. The lowest BCUT2D eigenvalue weighted by molar-refractivity contribution is 0.484. The summed E-state index contributed by atoms with van der Waals surface area (Å²) in [6.45, 7) is 4.38. The molecule has 0 saturated carbocycles. The molecule has 4 heteroatoms. The zero-order chi connectivity index (χ0) is 19.0. The van der Waals surface area contributed by atoms with Gasteiger partial charge in [-0.2, -0.15) is 8.42 Å². The number of unbranched alkanes of at least 4 members (excludes halogenated alkanes) is 6. The van der Waals surface area contributed by atoms with E-state index in [0.717, 1.165) is 43.1 Å². The Kier molecular flexibility index (Phi) is 8.11. The van der Waals surface area contributed by atoms with E-state index in [-0.39, 0.29) is 4.90 Å². The summed E-state index contributed by atoms with van der Waals surface area (Å²) in [6, 6.07) is 9.65. The van der Waals surface area contributed by atoms with Crippen molar-refractivity contribution in [2.75, 3.05) is 0 Å². The third-order valence-electron chi connectivity index (χ3n) is 4.95. The number of rotatable bonds is 11. The van der Waals surface area contributed by atoms with E-state index in [1.807, 2.05) is 12.1 Å². The molecule has 0 amide bonds. The minimum atomic E-state index is -4.22. The van der Waals surface area contributed by atoms with Gasteiger partial charge in [-0.15, -0.1) is 0 Å². The van der Waals surface area contributed by atoms with Crippen molar-refractivity contribution in [3.8, 4) is 0 Å². The quantitative estimate of drug-likeness (QED) is 0.368. The van der Waals surface area contributed by atoms with Crippen LogP contribution in [0.15, 0.2) is 35.2 Å². The largest absolute Gasteiger partial charge is 0.295 e. The second-order valence-corrected chi connectivity index (χ2v) is 8.64. The third kappa shape index (κ3) is 6.10. The Morgan fingerprint density at radius 3 is 1.92 bits per heavy atom. The first-order valence-corrected chi connectivity index (χ1v) is 11.4. The Bertz CT molecular complexity index is 804. The minimum Gasteiger partial charge on any atom is -0.282 e. The van der Waals surface area contributed by atoms with Gasteiger partial charge >= 0.3 is 0 Å². The molecule has 144 valence electrons. The van der Waals surface area contributed by atoms with Crippen molar-refractivity contribution in [1.29, 1.82) is 0 Å². The van der Waals surface area contributed by atoms with Crippen molar-refractivity contribution in [3.63, 3.8) is 0 Å². The summed E-state index contributed by atoms with van der Waals surface area (Å²) in [5.41, 5.74) is 2.22. The molecular formula is C22H32O3S. The van der Waals surface area contributed by atoms with E-state index in [0.29, 0.717) is 5.39 Å². The van der Waals surface area contributed by atoms with E-state index in [1.165, 1.54) is 37.7 Å². The van der Waals surface area contributed by atoms with Gasteiger partial charge in [0.15, 0.2) is 0 Å². The van der Waals surface area contributed by atoms with Crippen LogP contribution in [0.5, 0.6) is 0 Å². The fourth-order valence-electron chi connectivity index (χ4n) is 3.47. The number of hydrogen-bond donors (Lipinski definition) is 1. The summed E-state index contributed by atoms with van der Waals surface area (Å²) in [4.78, 5) is 0.0398. The van der Waals surface area contributed by atoms with Crippen LogP contribution in [0, 0.1) is 0 Å². The van der Waals surface area contributed by atoms with Gasteiger partial charge in [0.2, 0.25) is 0 Å². The van der Waals surface area contributed by atoms with Crippen LogP contribution in [0.25, 0.3) is 10.8 Å². The minimum absolute atomic E-state index is 0.0398. The number of hydrogen-bond acceptors (Lipinski definition) is 2. The monoisotopic (exact) mass is 376 g/mol. The van der Waals surface area contributed by atoms with Gasteiger partial charge in [-0.1, -0.05) is 76.6 Å². The molecule has 0 atom stereocenters. The molecule has 2 aromatic carbocycles. The SMILES string of the molecule is CCCCCCc1ccc2c(S(=O)(=O)O)cc(CCCCCC)cc2c1. The van der Waals surface area contributed by atoms with Gasteiger partial charge < -0.3 is 0 Å². The van der Waals surface area contributed by atoms with Gasteiger partial charge in [0.25, 0.3) is 10.1 Å². The molecule has 0 aliphatic heterocycles. The standard InChI is InChI=1S/C22H32O3S/c1-3-5-7-9-11-18-13-14-21-20(15-18)16-19(12-10-8-6-4-2)17-22(21)26(23,24)25/h13-17H,3-12H2,1-2H3,(H,23,24,25). The van der Waals surface area contributed by atoms with E-state index in [9.17, 15) is 13.0 Å². The van der Waals surface area contributed by atoms with Crippen molar-refractivity contribution in [1.82, 2.24) is 0 Å². The summed E-state index contributed by atoms with van der Waals surface area (Å²) >= 11 is 0. The first-order chi connectivity index (χ1) is 12.5. The topological polar surface area (TPSA) is 54.4 Å². The molecule has 0 spiro atoms. The van der Waals surface area contributed by atoms with Gasteiger partial charge in [0, 0.05) is 5.39 Å². The van der Waals surface area contributed by atoms with E-state index in [2.05, 4.69) is 26.0 Å². The van der Waals surface area contributed by atoms with Gasteiger partial charge in [0.1, 0.15) is 4.90 Å². The molecule has 0 aromatic heterocycles. The van der Waals surface area contributed by atoms with E-state index < -0.39 is 10.1 Å². The molecule has 0 aliphatic carbocycles. The fraction of sp³-hybridized carbons (Fsp3) is 0.545. The van der Waals surface area contributed by atoms with Crippen molar-refractivity contribution >= 4 is 20.9 Å². The van der Waals surface area contributed by atoms with E-state index in [4.69, 9.17) is 0 Å². The zero-order valence-electron chi connectivity index (χ0n) is 16.1. The van der Waals surface area contributed by atoms with Crippen molar-refractivity contribution < 1.29 is 13.0 Å². The maximum absolute atomic E-state index is 11.9. The fourth-order valence-corrected chi connectivity index (χ4v) is 4.23. The lowest BCUT2D eigenvalue weighted by atomic mass is 9.98. The summed E-state index contributed by atoms with van der Waals surface area (Å²) in [7, 11) is -4.22. The average Bonchev–Trinajstić information content (AvgIpc) is 2.60. The summed E-state index contributed by atoms with van der Waals surface area (Å²) in [6.07, 6.45) is 11.3. The lowest BCUT2D eigenvalue weighted by Gasteiger charge is -2.10. The molecule has 0 aliphatic rings. The second-order valence-electron chi connectivity index (χ2n) is 7.25. The summed E-state index contributed by atoms with van der Waals surface area (Å²) in [5.74, 6) is 0. The van der Waals surface area contributed by atoms with Crippen LogP contribution in [0.3, 0.4) is 0 Å². The molecule has 0 fully saturated rings. The van der Waals surface area contributed by atoms with Crippen LogP contribution in [0.1, 0.15) is 76.3 Å². The van der Waals surface area contributed by atoms with Crippen LogP contribution in [-0.2, 0) is 23.0 Å². The van der Waals surface area contributed by atoms with Crippen LogP contribution >= 0.6 is 0 Å². The predicted molar refractivity (Wildman–Crippen MR) is 109 cm³/mol. The highest BCUT2D eigenvalue weighted by molar-refractivity contribution is 7.86. The zero-order valence-corrected chi connectivity index (χ0v) is 16.9. The van der Waals surface area contributed by atoms with Crippen molar-refractivity contribution in [2.45, 2.75) is 83.0 Å². The highest BCUT2D eigenvalue weighted by atomic mass is 32.2. The Hall–Kier alpha value is -1.39. The summed E-state index contributed by atoms with van der Waals surface area (Å²) in [5, 5.41) is 1.53.